The zero-order valence-corrected chi connectivity index (χ0v) is 9.07. The van der Waals surface area contributed by atoms with Crippen LogP contribution in [0.1, 0.15) is 26.7 Å². The molecule has 0 spiro atoms. The third-order valence-corrected chi connectivity index (χ3v) is 3.67. The predicted molar refractivity (Wildman–Crippen MR) is 56.8 cm³/mol. The summed E-state index contributed by atoms with van der Waals surface area (Å²) in [6.07, 6.45) is 6.85. The summed E-state index contributed by atoms with van der Waals surface area (Å²) in [7, 11) is 0. The lowest BCUT2D eigenvalue weighted by Crippen LogP contribution is -2.37. The molecule has 3 unspecified atom stereocenters. The van der Waals surface area contributed by atoms with E-state index in [-0.39, 0.29) is 0 Å². The van der Waals surface area contributed by atoms with Crippen molar-refractivity contribution in [2.75, 3.05) is 13.1 Å². The normalized spacial score (nSPS) is 33.7. The van der Waals surface area contributed by atoms with Crippen LogP contribution in [0.15, 0.2) is 12.2 Å². The quantitative estimate of drug-likeness (QED) is 0.628. The standard InChI is InChI=1S/C12H19NO/c1-3-13(4-2)12(14)11-8-9-5-6-10(11)7-9/h5-6,9-11H,3-4,7-8H2,1-2H3. The Labute approximate surface area is 86.0 Å². The van der Waals surface area contributed by atoms with E-state index in [9.17, 15) is 4.79 Å². The fourth-order valence-electron chi connectivity index (χ4n) is 2.83. The Morgan fingerprint density at radius 3 is 2.43 bits per heavy atom. The fraction of sp³-hybridized carbons (Fsp3) is 0.750. The average molecular weight is 193 g/mol. The van der Waals surface area contributed by atoms with Crippen molar-refractivity contribution in [1.82, 2.24) is 4.90 Å². The zero-order chi connectivity index (χ0) is 10.1. The fourth-order valence-corrected chi connectivity index (χ4v) is 2.83. The van der Waals surface area contributed by atoms with Crippen LogP contribution in [0, 0.1) is 17.8 Å². The molecule has 2 nitrogen and oxygen atoms in total. The molecule has 2 aliphatic carbocycles. The van der Waals surface area contributed by atoms with Crippen molar-refractivity contribution in [3.63, 3.8) is 0 Å². The number of nitrogens with zero attached hydrogens (tertiary/aromatic N) is 1. The van der Waals surface area contributed by atoms with E-state index in [2.05, 4.69) is 26.0 Å². The van der Waals surface area contributed by atoms with Gasteiger partial charge in [0.2, 0.25) is 5.91 Å². The first-order valence-corrected chi connectivity index (χ1v) is 5.73. The summed E-state index contributed by atoms with van der Waals surface area (Å²) in [5, 5.41) is 0. The highest BCUT2D eigenvalue weighted by atomic mass is 16.2. The lowest BCUT2D eigenvalue weighted by molar-refractivity contribution is -0.135. The minimum atomic E-state index is 0.296. The second-order valence-corrected chi connectivity index (χ2v) is 4.40. The molecule has 2 heteroatoms. The molecule has 0 saturated heterocycles. The van der Waals surface area contributed by atoms with Crippen molar-refractivity contribution in [2.45, 2.75) is 26.7 Å². The van der Waals surface area contributed by atoms with Crippen molar-refractivity contribution in [2.24, 2.45) is 17.8 Å². The number of fused-ring (bicyclic) bond motifs is 2. The molecule has 0 aliphatic heterocycles. The number of carbonyl (C=O) groups excluding carboxylic acids is 1. The molecule has 0 aromatic heterocycles. The van der Waals surface area contributed by atoms with Gasteiger partial charge in [-0.05, 0) is 38.5 Å². The number of hydrogen-bond acceptors (Lipinski definition) is 1. The molecular formula is C12H19NO. The summed E-state index contributed by atoms with van der Waals surface area (Å²) < 4.78 is 0. The molecule has 2 rings (SSSR count). The third-order valence-electron chi connectivity index (χ3n) is 3.67. The van der Waals surface area contributed by atoms with Gasteiger partial charge in [0.25, 0.3) is 0 Å². The van der Waals surface area contributed by atoms with Gasteiger partial charge in [-0.25, -0.2) is 0 Å². The van der Waals surface area contributed by atoms with Gasteiger partial charge in [-0.2, -0.15) is 0 Å². The molecule has 2 aliphatic rings. The first-order chi connectivity index (χ1) is 6.76. The van der Waals surface area contributed by atoms with Gasteiger partial charge in [-0.15, -0.1) is 0 Å². The minimum Gasteiger partial charge on any atom is -0.343 e. The van der Waals surface area contributed by atoms with Crippen LogP contribution >= 0.6 is 0 Å². The molecule has 0 radical (unpaired) electrons. The topological polar surface area (TPSA) is 20.3 Å². The van der Waals surface area contributed by atoms with Gasteiger partial charge in [0, 0.05) is 19.0 Å². The van der Waals surface area contributed by atoms with Crippen LogP contribution in [0.25, 0.3) is 0 Å². The predicted octanol–water partition coefficient (Wildman–Crippen LogP) is 2.07. The van der Waals surface area contributed by atoms with Crippen molar-refractivity contribution in [1.29, 1.82) is 0 Å². The molecule has 3 atom stereocenters. The minimum absolute atomic E-state index is 0.296. The number of hydrogen-bond donors (Lipinski definition) is 0. The molecule has 78 valence electrons. The van der Waals surface area contributed by atoms with Crippen LogP contribution < -0.4 is 0 Å². The molecule has 2 bridgehead atoms. The van der Waals surface area contributed by atoms with Crippen molar-refractivity contribution in [3.05, 3.63) is 12.2 Å². The third kappa shape index (κ3) is 1.47. The van der Waals surface area contributed by atoms with Gasteiger partial charge in [0.15, 0.2) is 0 Å². The first-order valence-electron chi connectivity index (χ1n) is 5.73. The Morgan fingerprint density at radius 1 is 1.29 bits per heavy atom. The summed E-state index contributed by atoms with van der Waals surface area (Å²) in [6.45, 7) is 5.83. The molecule has 0 aromatic rings. The van der Waals surface area contributed by atoms with Crippen molar-refractivity contribution < 1.29 is 4.79 Å². The Bertz CT molecular complexity index is 255. The van der Waals surface area contributed by atoms with E-state index in [1.54, 1.807) is 0 Å². The maximum Gasteiger partial charge on any atom is 0.226 e. The van der Waals surface area contributed by atoms with E-state index in [0.29, 0.717) is 23.7 Å². The molecule has 0 aromatic carbocycles. The summed E-state index contributed by atoms with van der Waals surface area (Å²) in [4.78, 5) is 14.1. The summed E-state index contributed by atoms with van der Waals surface area (Å²) in [5.74, 6) is 1.93. The second-order valence-electron chi connectivity index (χ2n) is 4.40. The lowest BCUT2D eigenvalue weighted by atomic mass is 9.92. The SMILES string of the molecule is CCN(CC)C(=O)C1CC2C=CC1C2. The second kappa shape index (κ2) is 3.76. The van der Waals surface area contributed by atoms with E-state index in [0.717, 1.165) is 19.5 Å². The van der Waals surface area contributed by atoms with E-state index >= 15 is 0 Å². The Kier molecular flexibility index (Phi) is 2.62. The van der Waals surface area contributed by atoms with Gasteiger partial charge in [-0.3, -0.25) is 4.79 Å². The molecular weight excluding hydrogens is 174 g/mol. The Hall–Kier alpha value is -0.790. The van der Waals surface area contributed by atoms with Crippen molar-refractivity contribution in [3.8, 4) is 0 Å². The van der Waals surface area contributed by atoms with Crippen LogP contribution in [0.4, 0.5) is 0 Å². The van der Waals surface area contributed by atoms with Gasteiger partial charge in [0.1, 0.15) is 0 Å². The molecule has 14 heavy (non-hydrogen) atoms. The van der Waals surface area contributed by atoms with Crippen LogP contribution in [0.5, 0.6) is 0 Å². The monoisotopic (exact) mass is 193 g/mol. The van der Waals surface area contributed by atoms with Gasteiger partial charge in [-0.1, -0.05) is 12.2 Å². The smallest absolute Gasteiger partial charge is 0.226 e. The summed E-state index contributed by atoms with van der Waals surface area (Å²) in [5.41, 5.74) is 0. The van der Waals surface area contributed by atoms with Gasteiger partial charge < -0.3 is 4.90 Å². The number of carbonyl (C=O) groups is 1. The summed E-state index contributed by atoms with van der Waals surface area (Å²) >= 11 is 0. The highest BCUT2D eigenvalue weighted by Gasteiger charge is 2.40. The Morgan fingerprint density at radius 2 is 2.00 bits per heavy atom. The maximum absolute atomic E-state index is 12.1. The molecule has 0 heterocycles. The van der Waals surface area contributed by atoms with Crippen molar-refractivity contribution >= 4 is 5.91 Å². The Balaban J connectivity index is 2.02. The maximum atomic E-state index is 12.1. The highest BCUT2D eigenvalue weighted by Crippen LogP contribution is 2.44. The van der Waals surface area contributed by atoms with E-state index in [1.807, 2.05) is 4.90 Å². The number of allylic oxidation sites excluding steroid dienone is 2. The lowest BCUT2D eigenvalue weighted by Gasteiger charge is -2.25. The molecule has 0 N–H and O–H groups in total. The average Bonchev–Trinajstić information content (AvgIpc) is 2.80. The van der Waals surface area contributed by atoms with Crippen LogP contribution in [0.3, 0.4) is 0 Å². The van der Waals surface area contributed by atoms with E-state index < -0.39 is 0 Å². The zero-order valence-electron chi connectivity index (χ0n) is 9.07. The van der Waals surface area contributed by atoms with Crippen LogP contribution in [-0.4, -0.2) is 23.9 Å². The van der Waals surface area contributed by atoms with E-state index in [1.165, 1.54) is 6.42 Å². The van der Waals surface area contributed by atoms with Gasteiger partial charge >= 0.3 is 0 Å². The van der Waals surface area contributed by atoms with E-state index in [4.69, 9.17) is 0 Å². The van der Waals surface area contributed by atoms with Gasteiger partial charge in [0.05, 0.1) is 0 Å². The molecule has 1 fully saturated rings. The number of amides is 1. The number of rotatable bonds is 3. The summed E-state index contributed by atoms with van der Waals surface area (Å²) in [6, 6.07) is 0. The first kappa shape index (κ1) is 9.75. The van der Waals surface area contributed by atoms with Crippen LogP contribution in [0.2, 0.25) is 0 Å². The highest BCUT2D eigenvalue weighted by molar-refractivity contribution is 5.80. The largest absolute Gasteiger partial charge is 0.343 e. The molecule has 1 saturated carbocycles. The van der Waals surface area contributed by atoms with Crippen LogP contribution in [-0.2, 0) is 4.79 Å². The molecule has 1 amide bonds.